The van der Waals surface area contributed by atoms with Crippen LogP contribution in [0.2, 0.25) is 0 Å². The third kappa shape index (κ3) is 83.8. The van der Waals surface area contributed by atoms with Gasteiger partial charge in [-0.25, -0.2) is 9.13 Å². The van der Waals surface area contributed by atoms with Crippen LogP contribution < -0.4 is 0 Å². The van der Waals surface area contributed by atoms with E-state index in [-0.39, 0.29) is 25.7 Å². The molecule has 5 atom stereocenters. The van der Waals surface area contributed by atoms with Crippen LogP contribution in [-0.4, -0.2) is 96.7 Å². The molecule has 0 aromatic carbocycles. The van der Waals surface area contributed by atoms with Crippen molar-refractivity contribution in [3.8, 4) is 0 Å². The molecule has 17 nitrogen and oxygen atoms in total. The van der Waals surface area contributed by atoms with Gasteiger partial charge in [-0.1, -0.05) is 439 Å². The number of esters is 4. The van der Waals surface area contributed by atoms with E-state index >= 15 is 0 Å². The summed E-state index contributed by atoms with van der Waals surface area (Å²) in [6, 6.07) is 0. The fourth-order valence-corrected chi connectivity index (χ4v) is 15.8. The van der Waals surface area contributed by atoms with Gasteiger partial charge in [-0.05, 0) is 31.6 Å². The molecule has 0 bridgehead atoms. The highest BCUT2D eigenvalue weighted by Gasteiger charge is 2.31. The lowest BCUT2D eigenvalue weighted by molar-refractivity contribution is -0.161. The molecule has 0 saturated carbocycles. The summed E-state index contributed by atoms with van der Waals surface area (Å²) in [5.74, 6) is -1.29. The Balaban J connectivity index is 5.25. The SMILES string of the molecule is CCCCCCCCCCCCCCCCCCCCCCC(=O)O[C@H](COC(=O)CCCCCCCCCCCCCCCCCCCCC)COP(=O)(O)OC[C@@H](O)COP(=O)(O)OC[C@@H](COC(=O)CCCCCCCCCCCCCC)OC(=O)CCCCCCCCCCCCCCCCCC(C)C. The number of carbonyl (C=O) groups is 4. The van der Waals surface area contributed by atoms with E-state index in [0.29, 0.717) is 25.7 Å². The Morgan fingerprint density at radius 2 is 0.422 bits per heavy atom. The molecule has 0 aromatic heterocycles. The molecule has 3 N–H and O–H groups in total. The first-order chi connectivity index (χ1) is 53.0. The summed E-state index contributed by atoms with van der Waals surface area (Å²) in [5.41, 5.74) is 0. The maximum absolute atomic E-state index is 13.2. The number of phosphoric acid groups is 2. The van der Waals surface area contributed by atoms with Gasteiger partial charge in [-0.15, -0.1) is 0 Å². The van der Waals surface area contributed by atoms with Crippen molar-refractivity contribution in [2.75, 3.05) is 39.6 Å². The Hall–Kier alpha value is -1.94. The summed E-state index contributed by atoms with van der Waals surface area (Å²) in [6.07, 6.45) is 77.8. The van der Waals surface area contributed by atoms with Gasteiger partial charge in [0.1, 0.15) is 19.3 Å². The first-order valence-electron chi connectivity index (χ1n) is 46.6. The predicted octanol–water partition coefficient (Wildman–Crippen LogP) is 27.9. The second-order valence-electron chi connectivity index (χ2n) is 32.8. The molecule has 0 saturated heterocycles. The molecule has 0 spiro atoms. The van der Waals surface area contributed by atoms with Crippen molar-refractivity contribution in [2.45, 2.75) is 509 Å². The highest BCUT2D eigenvalue weighted by Crippen LogP contribution is 2.45. The van der Waals surface area contributed by atoms with E-state index < -0.39 is 97.5 Å². The van der Waals surface area contributed by atoms with E-state index in [4.69, 9.17) is 37.0 Å². The topological polar surface area (TPSA) is 237 Å². The summed E-state index contributed by atoms with van der Waals surface area (Å²) in [5, 5.41) is 10.7. The number of aliphatic hydroxyl groups is 1. The van der Waals surface area contributed by atoms with Crippen LogP contribution in [0.3, 0.4) is 0 Å². The largest absolute Gasteiger partial charge is 0.472 e. The number of hydrogen-bond donors (Lipinski definition) is 3. The summed E-state index contributed by atoms with van der Waals surface area (Å²) in [7, 11) is -9.93. The number of rotatable bonds is 90. The van der Waals surface area contributed by atoms with Crippen LogP contribution in [0.25, 0.3) is 0 Å². The van der Waals surface area contributed by atoms with E-state index in [0.717, 1.165) is 95.8 Å². The molecule has 0 aliphatic rings. The molecule has 0 heterocycles. The molecule has 648 valence electrons. The van der Waals surface area contributed by atoms with E-state index in [1.165, 1.54) is 315 Å². The van der Waals surface area contributed by atoms with Crippen LogP contribution in [-0.2, 0) is 65.4 Å². The molecule has 0 radical (unpaired) electrons. The van der Waals surface area contributed by atoms with Crippen molar-refractivity contribution in [2.24, 2.45) is 5.92 Å². The van der Waals surface area contributed by atoms with Crippen molar-refractivity contribution in [3.63, 3.8) is 0 Å². The minimum absolute atomic E-state index is 0.109. The number of phosphoric ester groups is 2. The number of carbonyl (C=O) groups excluding carboxylic acids is 4. The molecule has 0 amide bonds. The Labute approximate surface area is 670 Å². The Morgan fingerprint density at radius 3 is 0.624 bits per heavy atom. The fraction of sp³-hybridized carbons (Fsp3) is 0.956. The second kappa shape index (κ2) is 82.6. The molecule has 0 aliphatic carbocycles. The quantitative estimate of drug-likeness (QED) is 0.0222. The first-order valence-corrected chi connectivity index (χ1v) is 49.6. The van der Waals surface area contributed by atoms with Crippen LogP contribution in [0, 0.1) is 5.92 Å². The number of ether oxygens (including phenoxy) is 4. The molecule has 109 heavy (non-hydrogen) atoms. The van der Waals surface area contributed by atoms with Gasteiger partial charge >= 0.3 is 39.5 Å². The Kier molecular flexibility index (Phi) is 81.1. The molecule has 0 fully saturated rings. The van der Waals surface area contributed by atoms with Gasteiger partial charge in [0.2, 0.25) is 0 Å². The van der Waals surface area contributed by atoms with Crippen molar-refractivity contribution in [1.82, 2.24) is 0 Å². The first kappa shape index (κ1) is 107. The van der Waals surface area contributed by atoms with Crippen LogP contribution in [0.15, 0.2) is 0 Å². The fourth-order valence-electron chi connectivity index (χ4n) is 14.2. The monoisotopic (exact) mass is 1590 g/mol. The third-order valence-corrected chi connectivity index (χ3v) is 23.2. The van der Waals surface area contributed by atoms with Crippen molar-refractivity contribution >= 4 is 39.5 Å². The summed E-state index contributed by atoms with van der Waals surface area (Å²) in [4.78, 5) is 73.4. The van der Waals surface area contributed by atoms with Gasteiger partial charge in [0.05, 0.1) is 26.4 Å². The minimum Gasteiger partial charge on any atom is -0.462 e. The van der Waals surface area contributed by atoms with Crippen LogP contribution in [0.5, 0.6) is 0 Å². The maximum Gasteiger partial charge on any atom is 0.472 e. The Morgan fingerprint density at radius 1 is 0.248 bits per heavy atom. The molecular formula is C90H176O17P2. The van der Waals surface area contributed by atoms with E-state index in [9.17, 15) is 43.2 Å². The summed E-state index contributed by atoms with van der Waals surface area (Å²) < 4.78 is 69.1. The van der Waals surface area contributed by atoms with Gasteiger partial charge in [-0.3, -0.25) is 37.3 Å². The maximum atomic E-state index is 13.2. The number of unbranched alkanes of at least 4 members (excludes halogenated alkanes) is 62. The normalized spacial score (nSPS) is 13.7. The molecule has 19 heteroatoms. The molecule has 0 aromatic rings. The van der Waals surface area contributed by atoms with Crippen LogP contribution >= 0.6 is 15.6 Å². The zero-order chi connectivity index (χ0) is 79.7. The minimum atomic E-state index is -4.97. The zero-order valence-corrected chi connectivity index (χ0v) is 73.5. The third-order valence-electron chi connectivity index (χ3n) is 21.3. The van der Waals surface area contributed by atoms with Crippen molar-refractivity contribution in [1.29, 1.82) is 0 Å². The van der Waals surface area contributed by atoms with Gasteiger partial charge in [0.25, 0.3) is 0 Å². The molecule has 0 aliphatic heterocycles. The molecular weight excluding hydrogens is 1410 g/mol. The zero-order valence-electron chi connectivity index (χ0n) is 71.7. The number of aliphatic hydroxyl groups excluding tert-OH is 1. The van der Waals surface area contributed by atoms with Gasteiger partial charge in [0.15, 0.2) is 12.2 Å². The van der Waals surface area contributed by atoms with Crippen LogP contribution in [0.1, 0.15) is 490 Å². The summed E-state index contributed by atoms with van der Waals surface area (Å²) >= 11 is 0. The second-order valence-corrected chi connectivity index (χ2v) is 35.7. The summed E-state index contributed by atoms with van der Waals surface area (Å²) in [6.45, 7) is 7.42. The molecule has 0 rings (SSSR count). The van der Waals surface area contributed by atoms with E-state index in [2.05, 4.69) is 34.6 Å². The average Bonchev–Trinajstić information content (AvgIpc) is 0.900. The Bertz CT molecular complexity index is 2070. The van der Waals surface area contributed by atoms with Gasteiger partial charge in [-0.2, -0.15) is 0 Å². The lowest BCUT2D eigenvalue weighted by Crippen LogP contribution is -2.30. The number of hydrogen-bond acceptors (Lipinski definition) is 15. The van der Waals surface area contributed by atoms with Crippen molar-refractivity contribution < 1.29 is 80.2 Å². The lowest BCUT2D eigenvalue weighted by atomic mass is 10.0. The lowest BCUT2D eigenvalue weighted by Gasteiger charge is -2.21. The smallest absolute Gasteiger partial charge is 0.462 e. The highest BCUT2D eigenvalue weighted by molar-refractivity contribution is 7.47. The highest BCUT2D eigenvalue weighted by atomic mass is 31.2. The standard InChI is InChI=1S/C90H176O17P2/c1-6-9-12-15-18-21-24-27-29-31-33-35-37-41-45-50-55-60-65-70-75-89(94)107-86(80-101-88(93)74-69-64-59-54-49-44-40-36-34-32-30-28-25-22-19-16-13-10-7-2)82-105-109(98,99)103-78-84(91)77-102-108(96,97)104-81-85(79-100-87(92)73-68-63-58-53-48-26-23-20-17-14-11-8-3)106-90(95)76-71-66-61-56-51-46-42-38-39-43-47-52-57-62-67-72-83(4)5/h83-86,91H,6-82H2,1-5H3,(H,96,97)(H,98,99)/t84-,85+,86+/m0/s1. The van der Waals surface area contributed by atoms with E-state index in [1.54, 1.807) is 0 Å². The van der Waals surface area contributed by atoms with Gasteiger partial charge in [0, 0.05) is 25.7 Å². The van der Waals surface area contributed by atoms with Crippen LogP contribution in [0.4, 0.5) is 0 Å². The van der Waals surface area contributed by atoms with E-state index in [1.807, 2.05) is 0 Å². The predicted molar refractivity (Wildman–Crippen MR) is 451 cm³/mol. The molecule has 2 unspecified atom stereocenters. The van der Waals surface area contributed by atoms with Gasteiger partial charge < -0.3 is 33.8 Å². The average molecular weight is 1590 g/mol. The van der Waals surface area contributed by atoms with Crippen molar-refractivity contribution in [3.05, 3.63) is 0 Å².